The predicted octanol–water partition coefficient (Wildman–Crippen LogP) is 2.97. The third-order valence-electron chi connectivity index (χ3n) is 4.20. The highest BCUT2D eigenvalue weighted by atomic mass is 16.6. The van der Waals surface area contributed by atoms with Crippen LogP contribution in [0.5, 0.6) is 0 Å². The molecule has 6 heteroatoms. The lowest BCUT2D eigenvalue weighted by Crippen LogP contribution is -2.53. The highest BCUT2D eigenvalue weighted by Gasteiger charge is 2.29. The zero-order valence-electron chi connectivity index (χ0n) is 15.4. The quantitative estimate of drug-likeness (QED) is 0.858. The standard InChI is InChI=1S/C19H29N3O3/c1-19(2,3)25-18(24)22-16-7-5-4-6-15(16)21-17(23)9-8-14-10-12-20-13-11-14/h10-13,15-16H,4-9H2,1-3H3,(H,21,23)(H,22,24)/t15-,16+/m0/s1. The van der Waals surface area contributed by atoms with Crippen molar-refractivity contribution >= 4 is 12.0 Å². The summed E-state index contributed by atoms with van der Waals surface area (Å²) >= 11 is 0. The van der Waals surface area contributed by atoms with Crippen molar-refractivity contribution in [3.8, 4) is 0 Å². The van der Waals surface area contributed by atoms with Gasteiger partial charge in [-0.2, -0.15) is 0 Å². The first-order valence-corrected chi connectivity index (χ1v) is 9.01. The van der Waals surface area contributed by atoms with Gasteiger partial charge in [0.1, 0.15) is 5.60 Å². The van der Waals surface area contributed by atoms with Crippen LogP contribution in [0.2, 0.25) is 0 Å². The minimum Gasteiger partial charge on any atom is -0.444 e. The minimum atomic E-state index is -0.526. The number of alkyl carbamates (subject to hydrolysis) is 1. The van der Waals surface area contributed by atoms with E-state index < -0.39 is 11.7 Å². The zero-order valence-corrected chi connectivity index (χ0v) is 15.4. The first kappa shape index (κ1) is 19.2. The molecule has 0 radical (unpaired) electrons. The molecule has 1 aliphatic rings. The van der Waals surface area contributed by atoms with E-state index in [1.54, 1.807) is 12.4 Å². The Hall–Kier alpha value is -2.11. The van der Waals surface area contributed by atoms with E-state index in [2.05, 4.69) is 15.6 Å². The van der Waals surface area contributed by atoms with Gasteiger partial charge in [0.2, 0.25) is 5.91 Å². The fourth-order valence-electron chi connectivity index (χ4n) is 3.02. The van der Waals surface area contributed by atoms with E-state index in [1.165, 1.54) is 0 Å². The summed E-state index contributed by atoms with van der Waals surface area (Å²) in [4.78, 5) is 28.3. The first-order valence-electron chi connectivity index (χ1n) is 9.01. The van der Waals surface area contributed by atoms with E-state index in [0.29, 0.717) is 12.8 Å². The van der Waals surface area contributed by atoms with E-state index in [9.17, 15) is 9.59 Å². The molecule has 1 aliphatic carbocycles. The van der Waals surface area contributed by atoms with Gasteiger partial charge < -0.3 is 15.4 Å². The second kappa shape index (κ2) is 8.83. The topological polar surface area (TPSA) is 80.3 Å². The summed E-state index contributed by atoms with van der Waals surface area (Å²) in [7, 11) is 0. The SMILES string of the molecule is CC(C)(C)OC(=O)N[C@@H]1CCCC[C@@H]1NC(=O)CCc1ccncc1. The van der Waals surface area contributed by atoms with Gasteiger partial charge in [-0.1, -0.05) is 12.8 Å². The van der Waals surface area contributed by atoms with E-state index in [-0.39, 0.29) is 18.0 Å². The summed E-state index contributed by atoms with van der Waals surface area (Å²) in [6.07, 6.45) is 7.99. The van der Waals surface area contributed by atoms with Gasteiger partial charge >= 0.3 is 6.09 Å². The van der Waals surface area contributed by atoms with Gasteiger partial charge in [0.15, 0.2) is 0 Å². The molecule has 0 aromatic carbocycles. The number of pyridine rings is 1. The lowest BCUT2D eigenvalue weighted by Gasteiger charge is -2.33. The molecule has 25 heavy (non-hydrogen) atoms. The fraction of sp³-hybridized carbons (Fsp3) is 0.632. The van der Waals surface area contributed by atoms with Gasteiger partial charge in [-0.05, 0) is 57.7 Å². The lowest BCUT2D eigenvalue weighted by molar-refractivity contribution is -0.122. The van der Waals surface area contributed by atoms with Gasteiger partial charge in [-0.25, -0.2) is 4.79 Å². The maximum Gasteiger partial charge on any atom is 0.407 e. The maximum absolute atomic E-state index is 12.3. The molecule has 6 nitrogen and oxygen atoms in total. The number of carbonyl (C=O) groups is 2. The Morgan fingerprint density at radius 2 is 1.72 bits per heavy atom. The summed E-state index contributed by atoms with van der Waals surface area (Å²) < 4.78 is 5.33. The molecule has 2 atom stereocenters. The van der Waals surface area contributed by atoms with Crippen molar-refractivity contribution in [3.63, 3.8) is 0 Å². The van der Waals surface area contributed by atoms with E-state index in [1.807, 2.05) is 32.9 Å². The number of ether oxygens (including phenoxy) is 1. The van der Waals surface area contributed by atoms with Crippen LogP contribution in [-0.2, 0) is 16.0 Å². The Labute approximate surface area is 149 Å². The van der Waals surface area contributed by atoms with Crippen LogP contribution in [-0.4, -0.2) is 34.7 Å². The van der Waals surface area contributed by atoms with Gasteiger partial charge in [0, 0.05) is 24.9 Å². The number of hydrogen-bond donors (Lipinski definition) is 2. The molecule has 1 aromatic heterocycles. The van der Waals surface area contributed by atoms with E-state index in [0.717, 1.165) is 31.2 Å². The molecule has 1 saturated carbocycles. The zero-order chi connectivity index (χ0) is 18.3. The molecular formula is C19H29N3O3. The normalized spacial score (nSPS) is 20.6. The summed E-state index contributed by atoms with van der Waals surface area (Å²) in [5.74, 6) is 0.0136. The molecule has 0 aliphatic heterocycles. The molecule has 1 aromatic rings. The number of aromatic nitrogens is 1. The van der Waals surface area contributed by atoms with Crippen molar-refractivity contribution in [2.45, 2.75) is 77.0 Å². The Morgan fingerprint density at radius 3 is 2.32 bits per heavy atom. The molecule has 0 bridgehead atoms. The molecule has 0 unspecified atom stereocenters. The Bertz CT molecular complexity index is 569. The van der Waals surface area contributed by atoms with Gasteiger partial charge in [0.05, 0.1) is 6.04 Å². The third-order valence-corrected chi connectivity index (χ3v) is 4.20. The molecule has 2 rings (SSSR count). The van der Waals surface area contributed by atoms with Crippen LogP contribution in [0.1, 0.15) is 58.4 Å². The maximum atomic E-state index is 12.3. The molecule has 2 amide bonds. The van der Waals surface area contributed by atoms with Crippen LogP contribution < -0.4 is 10.6 Å². The van der Waals surface area contributed by atoms with Crippen LogP contribution in [0, 0.1) is 0 Å². The van der Waals surface area contributed by atoms with Crippen LogP contribution in [0.4, 0.5) is 4.79 Å². The van der Waals surface area contributed by atoms with Crippen molar-refractivity contribution in [3.05, 3.63) is 30.1 Å². The van der Waals surface area contributed by atoms with Crippen LogP contribution in [0.15, 0.2) is 24.5 Å². The molecule has 138 valence electrons. The van der Waals surface area contributed by atoms with Crippen molar-refractivity contribution in [1.82, 2.24) is 15.6 Å². The molecule has 0 saturated heterocycles. The van der Waals surface area contributed by atoms with E-state index >= 15 is 0 Å². The molecule has 1 heterocycles. The smallest absolute Gasteiger partial charge is 0.407 e. The number of amides is 2. The number of nitrogens with zero attached hydrogens (tertiary/aromatic N) is 1. The number of nitrogens with one attached hydrogen (secondary N) is 2. The minimum absolute atomic E-state index is 0.0136. The van der Waals surface area contributed by atoms with Gasteiger partial charge in [-0.15, -0.1) is 0 Å². The third kappa shape index (κ3) is 7.11. The largest absolute Gasteiger partial charge is 0.444 e. The van der Waals surface area contributed by atoms with Crippen molar-refractivity contribution in [2.24, 2.45) is 0 Å². The Balaban J connectivity index is 1.83. The Kier molecular flexibility index (Phi) is 6.79. The van der Waals surface area contributed by atoms with Gasteiger partial charge in [0.25, 0.3) is 0 Å². The average Bonchev–Trinajstić information content (AvgIpc) is 2.54. The van der Waals surface area contributed by atoms with Crippen LogP contribution in [0.25, 0.3) is 0 Å². The summed E-state index contributed by atoms with van der Waals surface area (Å²) in [6, 6.07) is 3.72. The molecule has 2 N–H and O–H groups in total. The van der Waals surface area contributed by atoms with Crippen molar-refractivity contribution < 1.29 is 14.3 Å². The van der Waals surface area contributed by atoms with Crippen molar-refractivity contribution in [2.75, 3.05) is 0 Å². The van der Waals surface area contributed by atoms with Crippen molar-refractivity contribution in [1.29, 1.82) is 0 Å². The van der Waals surface area contributed by atoms with E-state index in [4.69, 9.17) is 4.74 Å². The molecular weight excluding hydrogens is 318 g/mol. The highest BCUT2D eigenvalue weighted by Crippen LogP contribution is 2.19. The summed E-state index contributed by atoms with van der Waals surface area (Å²) in [5.41, 5.74) is 0.569. The molecule has 1 fully saturated rings. The highest BCUT2D eigenvalue weighted by molar-refractivity contribution is 5.76. The van der Waals surface area contributed by atoms with Crippen LogP contribution >= 0.6 is 0 Å². The average molecular weight is 347 g/mol. The summed E-state index contributed by atoms with van der Waals surface area (Å²) in [6.45, 7) is 5.52. The number of carbonyl (C=O) groups excluding carboxylic acids is 2. The molecule has 0 spiro atoms. The second-order valence-corrected chi connectivity index (χ2v) is 7.57. The summed E-state index contributed by atoms with van der Waals surface area (Å²) in [5, 5.41) is 6.00. The fourth-order valence-corrected chi connectivity index (χ4v) is 3.02. The van der Waals surface area contributed by atoms with Gasteiger partial charge in [-0.3, -0.25) is 9.78 Å². The number of rotatable bonds is 5. The monoisotopic (exact) mass is 347 g/mol. The predicted molar refractivity (Wildman–Crippen MR) is 96.1 cm³/mol. The Morgan fingerprint density at radius 1 is 1.12 bits per heavy atom. The number of aryl methyl sites for hydroxylation is 1. The number of hydrogen-bond acceptors (Lipinski definition) is 4. The van der Waals surface area contributed by atoms with Crippen LogP contribution in [0.3, 0.4) is 0 Å². The second-order valence-electron chi connectivity index (χ2n) is 7.57. The lowest BCUT2D eigenvalue weighted by atomic mass is 9.90. The first-order chi connectivity index (χ1) is 11.8.